The molecule has 19 heavy (non-hydrogen) atoms. The van der Waals surface area contributed by atoms with Gasteiger partial charge in [-0.15, -0.1) is 0 Å². The number of aliphatic hydroxyl groups is 1. The third-order valence-electron chi connectivity index (χ3n) is 2.54. The molecular weight excluding hydrogens is 290 g/mol. The lowest BCUT2D eigenvalue weighted by Crippen LogP contribution is -2.43. The van der Waals surface area contributed by atoms with Crippen LogP contribution in [0.4, 0.5) is 0 Å². The van der Waals surface area contributed by atoms with Crippen LogP contribution in [0.15, 0.2) is 23.1 Å². The van der Waals surface area contributed by atoms with Crippen molar-refractivity contribution in [2.24, 2.45) is 0 Å². The van der Waals surface area contributed by atoms with Gasteiger partial charge in [-0.05, 0) is 31.5 Å². The van der Waals surface area contributed by atoms with Crippen molar-refractivity contribution in [2.45, 2.75) is 24.3 Å². The van der Waals surface area contributed by atoms with E-state index >= 15 is 0 Å². The van der Waals surface area contributed by atoms with Gasteiger partial charge in [0.05, 0.1) is 17.1 Å². The minimum Gasteiger partial charge on any atom is -0.386 e. The minimum atomic E-state index is -3.71. The Bertz CT molecular complexity index is 543. The summed E-state index contributed by atoms with van der Waals surface area (Å²) in [7, 11) is -2.28. The molecule has 1 aromatic carbocycles. The largest absolute Gasteiger partial charge is 0.386 e. The van der Waals surface area contributed by atoms with Crippen molar-refractivity contribution >= 4 is 21.6 Å². The highest BCUT2D eigenvalue weighted by Gasteiger charge is 2.25. The molecule has 1 unspecified atom stereocenters. The van der Waals surface area contributed by atoms with Gasteiger partial charge in [0.1, 0.15) is 0 Å². The molecule has 0 fully saturated rings. The molecule has 0 heterocycles. The number of benzene rings is 1. The summed E-state index contributed by atoms with van der Waals surface area (Å²) in [5.74, 6) is 0. The smallest absolute Gasteiger partial charge is 0.240 e. The highest BCUT2D eigenvalue weighted by molar-refractivity contribution is 7.89. The van der Waals surface area contributed by atoms with E-state index in [1.165, 1.54) is 20.1 Å². The van der Waals surface area contributed by atoms with E-state index in [0.29, 0.717) is 10.6 Å². The summed E-state index contributed by atoms with van der Waals surface area (Å²) >= 11 is 5.80. The molecule has 108 valence electrons. The molecule has 0 radical (unpaired) electrons. The molecule has 0 aliphatic carbocycles. The first-order chi connectivity index (χ1) is 8.68. The van der Waals surface area contributed by atoms with Crippen LogP contribution in [-0.2, 0) is 14.8 Å². The Morgan fingerprint density at radius 1 is 1.47 bits per heavy atom. The zero-order chi connectivity index (χ0) is 14.7. The SMILES string of the molecule is COCC(C)(O)CNS(=O)(=O)c1cc(Cl)ccc1C. The van der Waals surface area contributed by atoms with Crippen LogP contribution in [0.3, 0.4) is 0 Å². The summed E-state index contributed by atoms with van der Waals surface area (Å²) < 4.78 is 31.4. The number of hydrogen-bond donors (Lipinski definition) is 2. The van der Waals surface area contributed by atoms with Crippen LogP contribution < -0.4 is 4.72 Å². The molecule has 0 saturated carbocycles. The van der Waals surface area contributed by atoms with Crippen LogP contribution in [0, 0.1) is 6.92 Å². The molecule has 1 aromatic rings. The maximum atomic E-state index is 12.1. The number of rotatable bonds is 6. The Hall–Kier alpha value is -0.660. The normalized spacial score (nSPS) is 15.2. The van der Waals surface area contributed by atoms with Gasteiger partial charge in [0.15, 0.2) is 0 Å². The van der Waals surface area contributed by atoms with E-state index in [4.69, 9.17) is 16.3 Å². The van der Waals surface area contributed by atoms with Crippen LogP contribution in [0.5, 0.6) is 0 Å². The second-order valence-electron chi connectivity index (χ2n) is 4.66. The van der Waals surface area contributed by atoms with Gasteiger partial charge in [0, 0.05) is 18.7 Å². The molecule has 0 saturated heterocycles. The Labute approximate surface area is 118 Å². The maximum absolute atomic E-state index is 12.1. The van der Waals surface area contributed by atoms with Crippen molar-refractivity contribution in [3.8, 4) is 0 Å². The molecular formula is C12H18ClNO4S. The molecule has 0 spiro atoms. The zero-order valence-corrected chi connectivity index (χ0v) is 12.7. The number of nitrogens with one attached hydrogen (secondary N) is 1. The number of sulfonamides is 1. The van der Waals surface area contributed by atoms with E-state index < -0.39 is 15.6 Å². The number of aryl methyl sites for hydroxylation is 1. The van der Waals surface area contributed by atoms with Crippen LogP contribution in [0.1, 0.15) is 12.5 Å². The van der Waals surface area contributed by atoms with Crippen LogP contribution in [0.25, 0.3) is 0 Å². The molecule has 0 aliphatic rings. The molecule has 0 aromatic heterocycles. The molecule has 1 rings (SSSR count). The standard InChI is InChI=1S/C12H18ClNO4S/c1-9-4-5-10(13)6-11(9)19(16,17)14-7-12(2,15)8-18-3/h4-6,14-15H,7-8H2,1-3H3. The molecule has 7 heteroatoms. The number of halogens is 1. The summed E-state index contributed by atoms with van der Waals surface area (Å²) in [5, 5.41) is 10.2. The Morgan fingerprint density at radius 3 is 2.68 bits per heavy atom. The monoisotopic (exact) mass is 307 g/mol. The second-order valence-corrected chi connectivity index (χ2v) is 6.84. The van der Waals surface area contributed by atoms with Crippen molar-refractivity contribution in [1.82, 2.24) is 4.72 Å². The van der Waals surface area contributed by atoms with Crippen molar-refractivity contribution < 1.29 is 18.3 Å². The van der Waals surface area contributed by atoms with Gasteiger partial charge in [0.25, 0.3) is 0 Å². The van der Waals surface area contributed by atoms with Crippen molar-refractivity contribution in [2.75, 3.05) is 20.3 Å². The first kappa shape index (κ1) is 16.4. The van der Waals surface area contributed by atoms with Gasteiger partial charge < -0.3 is 9.84 Å². The quantitative estimate of drug-likeness (QED) is 0.831. The fourth-order valence-electron chi connectivity index (χ4n) is 1.55. The lowest BCUT2D eigenvalue weighted by Gasteiger charge is -2.22. The molecule has 0 aliphatic heterocycles. The highest BCUT2D eigenvalue weighted by Crippen LogP contribution is 2.20. The fourth-order valence-corrected chi connectivity index (χ4v) is 3.22. The Kier molecular flexibility index (Phi) is 5.34. The predicted octanol–water partition coefficient (Wildman–Crippen LogP) is 1.32. The van der Waals surface area contributed by atoms with Gasteiger partial charge in [-0.25, -0.2) is 13.1 Å². The molecule has 2 N–H and O–H groups in total. The predicted molar refractivity (Wildman–Crippen MR) is 73.9 cm³/mol. The van der Waals surface area contributed by atoms with E-state index in [0.717, 1.165) is 0 Å². The highest BCUT2D eigenvalue weighted by atomic mass is 35.5. The average Bonchev–Trinajstić information content (AvgIpc) is 2.30. The maximum Gasteiger partial charge on any atom is 0.240 e. The first-order valence-electron chi connectivity index (χ1n) is 5.65. The van der Waals surface area contributed by atoms with Crippen molar-refractivity contribution in [3.05, 3.63) is 28.8 Å². The third-order valence-corrected chi connectivity index (χ3v) is 4.32. The average molecular weight is 308 g/mol. The lowest BCUT2D eigenvalue weighted by molar-refractivity contribution is -0.0119. The summed E-state index contributed by atoms with van der Waals surface area (Å²) in [5.41, 5.74) is -0.683. The van der Waals surface area contributed by atoms with E-state index in [2.05, 4.69) is 4.72 Å². The van der Waals surface area contributed by atoms with Crippen molar-refractivity contribution in [1.29, 1.82) is 0 Å². The van der Waals surface area contributed by atoms with Crippen LogP contribution in [0.2, 0.25) is 5.02 Å². The second kappa shape index (κ2) is 6.19. The topological polar surface area (TPSA) is 75.6 Å². The Balaban J connectivity index is 2.90. The number of methoxy groups -OCH3 is 1. The number of ether oxygens (including phenoxy) is 1. The van der Waals surface area contributed by atoms with Crippen LogP contribution >= 0.6 is 11.6 Å². The van der Waals surface area contributed by atoms with Gasteiger partial charge in [-0.2, -0.15) is 0 Å². The molecule has 5 nitrogen and oxygen atoms in total. The van der Waals surface area contributed by atoms with Gasteiger partial charge in [0.2, 0.25) is 10.0 Å². The summed E-state index contributed by atoms with van der Waals surface area (Å²) in [6.45, 7) is 3.06. The van der Waals surface area contributed by atoms with Crippen LogP contribution in [-0.4, -0.2) is 39.4 Å². The molecule has 1 atom stereocenters. The van der Waals surface area contributed by atoms with E-state index in [9.17, 15) is 13.5 Å². The van der Waals surface area contributed by atoms with Gasteiger partial charge in [-0.3, -0.25) is 0 Å². The third kappa shape index (κ3) is 4.74. The fraction of sp³-hybridized carbons (Fsp3) is 0.500. The Morgan fingerprint density at radius 2 is 2.11 bits per heavy atom. The van der Waals surface area contributed by atoms with Gasteiger partial charge >= 0.3 is 0 Å². The van der Waals surface area contributed by atoms with Crippen molar-refractivity contribution in [3.63, 3.8) is 0 Å². The van der Waals surface area contributed by atoms with E-state index in [1.54, 1.807) is 19.1 Å². The summed E-state index contributed by atoms with van der Waals surface area (Å²) in [6, 6.07) is 4.63. The number of hydrogen-bond acceptors (Lipinski definition) is 4. The van der Waals surface area contributed by atoms with Gasteiger partial charge in [-0.1, -0.05) is 17.7 Å². The van der Waals surface area contributed by atoms with E-state index in [1.807, 2.05) is 0 Å². The lowest BCUT2D eigenvalue weighted by atomic mass is 10.1. The minimum absolute atomic E-state index is 0.0318. The van der Waals surface area contributed by atoms with E-state index in [-0.39, 0.29) is 18.0 Å². The molecule has 0 bridgehead atoms. The summed E-state index contributed by atoms with van der Waals surface area (Å²) in [4.78, 5) is 0.105. The molecule has 0 amide bonds. The zero-order valence-electron chi connectivity index (χ0n) is 11.1. The summed E-state index contributed by atoms with van der Waals surface area (Å²) in [6.07, 6.45) is 0. The first-order valence-corrected chi connectivity index (χ1v) is 7.51.